The molecular weight excluding hydrogens is 379 g/mol. The van der Waals surface area contributed by atoms with Gasteiger partial charge in [0.15, 0.2) is 0 Å². The molecule has 1 aromatic heterocycles. The fourth-order valence-corrected chi connectivity index (χ4v) is 2.58. The van der Waals surface area contributed by atoms with Gasteiger partial charge in [0.1, 0.15) is 11.6 Å². The molecule has 28 heavy (non-hydrogen) atoms. The average molecular weight is 403 g/mol. The van der Waals surface area contributed by atoms with Crippen molar-refractivity contribution in [2.45, 2.75) is 45.5 Å². The number of hydrogen-bond donors (Lipinski definition) is 1. The molecule has 0 bridgehead atoms. The van der Waals surface area contributed by atoms with Crippen LogP contribution in [0.25, 0.3) is 0 Å². The van der Waals surface area contributed by atoms with Gasteiger partial charge in [-0.05, 0) is 27.7 Å². The molecule has 1 atom stereocenters. The molecule has 2 amide bonds. The van der Waals surface area contributed by atoms with Gasteiger partial charge in [-0.3, -0.25) is 4.79 Å². The zero-order chi connectivity index (χ0) is 21.1. The first-order valence-corrected chi connectivity index (χ1v) is 8.79. The third kappa shape index (κ3) is 5.96. The van der Waals surface area contributed by atoms with Crippen LogP contribution in [0.2, 0.25) is 0 Å². The van der Waals surface area contributed by atoms with Crippen LogP contribution in [0.1, 0.15) is 33.3 Å². The number of halogens is 3. The summed E-state index contributed by atoms with van der Waals surface area (Å²) in [6.45, 7) is 8.15. The van der Waals surface area contributed by atoms with Crippen molar-refractivity contribution in [3.63, 3.8) is 0 Å². The van der Waals surface area contributed by atoms with Crippen molar-refractivity contribution in [3.05, 3.63) is 18.0 Å². The number of ether oxygens (including phenoxy) is 1. The molecule has 1 aromatic rings. The predicted molar refractivity (Wildman–Crippen MR) is 94.7 cm³/mol. The number of rotatable bonds is 3. The Bertz CT molecular complexity index is 695. The Labute approximate surface area is 161 Å². The van der Waals surface area contributed by atoms with Crippen molar-refractivity contribution in [1.29, 1.82) is 0 Å². The molecule has 2 rings (SSSR count). The Kier molecular flexibility index (Phi) is 6.35. The van der Waals surface area contributed by atoms with Crippen molar-refractivity contribution in [1.82, 2.24) is 20.2 Å². The second kappa shape index (κ2) is 8.19. The molecular formula is C17H24F3N5O3. The van der Waals surface area contributed by atoms with Crippen molar-refractivity contribution < 1.29 is 27.5 Å². The fourth-order valence-electron chi connectivity index (χ4n) is 2.58. The van der Waals surface area contributed by atoms with Crippen LogP contribution in [0.4, 0.5) is 23.9 Å². The normalized spacial score (nSPS) is 16.5. The predicted octanol–water partition coefficient (Wildman–Crippen LogP) is 2.06. The number of anilines is 1. The molecule has 1 aliphatic rings. The van der Waals surface area contributed by atoms with Crippen LogP contribution in [0.15, 0.2) is 12.4 Å². The van der Waals surface area contributed by atoms with Crippen LogP contribution in [0.5, 0.6) is 0 Å². The Hall–Kier alpha value is -2.59. The number of nitrogens with one attached hydrogen (secondary N) is 1. The summed E-state index contributed by atoms with van der Waals surface area (Å²) in [7, 11) is 0. The van der Waals surface area contributed by atoms with Gasteiger partial charge in [-0.1, -0.05) is 0 Å². The molecule has 1 saturated heterocycles. The number of carbonyl (C=O) groups excluding carboxylic acids is 2. The molecule has 156 valence electrons. The number of piperazine rings is 1. The maximum absolute atomic E-state index is 12.6. The number of nitrogens with zero attached hydrogens (tertiary/aromatic N) is 4. The van der Waals surface area contributed by atoms with Crippen LogP contribution in [-0.4, -0.2) is 64.7 Å². The highest BCUT2D eigenvalue weighted by Gasteiger charge is 2.32. The van der Waals surface area contributed by atoms with E-state index >= 15 is 0 Å². The topological polar surface area (TPSA) is 87.7 Å². The Morgan fingerprint density at radius 3 is 2.11 bits per heavy atom. The zero-order valence-electron chi connectivity index (χ0n) is 16.2. The highest BCUT2D eigenvalue weighted by Crippen LogP contribution is 2.28. The SMILES string of the molecule is C[C@H](NC(=O)OC(C)(C)C)C(=O)N1CCN(c2ncc(C(F)(F)F)cn2)CC1. The lowest BCUT2D eigenvalue weighted by Gasteiger charge is -2.36. The first-order chi connectivity index (χ1) is 12.9. The molecule has 2 heterocycles. The lowest BCUT2D eigenvalue weighted by molar-refractivity contribution is -0.138. The van der Waals surface area contributed by atoms with E-state index in [9.17, 15) is 22.8 Å². The summed E-state index contributed by atoms with van der Waals surface area (Å²) in [5, 5.41) is 2.50. The summed E-state index contributed by atoms with van der Waals surface area (Å²) >= 11 is 0. The van der Waals surface area contributed by atoms with Crippen LogP contribution in [-0.2, 0) is 15.7 Å². The minimum atomic E-state index is -4.49. The van der Waals surface area contributed by atoms with Crippen molar-refractivity contribution in [2.24, 2.45) is 0 Å². The molecule has 1 aliphatic heterocycles. The van der Waals surface area contributed by atoms with Gasteiger partial charge in [0.25, 0.3) is 0 Å². The first kappa shape index (κ1) is 21.7. The molecule has 1 fully saturated rings. The highest BCUT2D eigenvalue weighted by atomic mass is 19.4. The zero-order valence-corrected chi connectivity index (χ0v) is 16.2. The highest BCUT2D eigenvalue weighted by molar-refractivity contribution is 5.85. The van der Waals surface area contributed by atoms with Gasteiger partial charge in [-0.15, -0.1) is 0 Å². The van der Waals surface area contributed by atoms with E-state index in [1.807, 2.05) is 0 Å². The summed E-state index contributed by atoms with van der Waals surface area (Å²) in [5.41, 5.74) is -1.58. The van der Waals surface area contributed by atoms with Gasteiger partial charge in [0, 0.05) is 38.6 Å². The van der Waals surface area contributed by atoms with E-state index in [2.05, 4.69) is 15.3 Å². The molecule has 0 saturated carbocycles. The van der Waals surface area contributed by atoms with E-state index in [0.717, 1.165) is 12.4 Å². The van der Waals surface area contributed by atoms with Gasteiger partial charge in [-0.2, -0.15) is 13.2 Å². The molecule has 0 unspecified atom stereocenters. The minimum Gasteiger partial charge on any atom is -0.444 e. The summed E-state index contributed by atoms with van der Waals surface area (Å²) in [6, 6.07) is -0.760. The standard InChI is InChI=1S/C17H24F3N5O3/c1-11(23-15(27)28-16(2,3)4)13(26)24-5-7-25(8-6-24)14-21-9-12(10-22-14)17(18,19)20/h9-11H,5-8H2,1-4H3,(H,23,27)/t11-/m0/s1. The third-order valence-electron chi connectivity index (χ3n) is 3.94. The van der Waals surface area contributed by atoms with E-state index in [-0.39, 0.29) is 11.9 Å². The Morgan fingerprint density at radius 1 is 1.11 bits per heavy atom. The molecule has 0 radical (unpaired) electrons. The lowest BCUT2D eigenvalue weighted by atomic mass is 10.2. The van der Waals surface area contributed by atoms with Gasteiger partial charge in [0.05, 0.1) is 5.56 Å². The van der Waals surface area contributed by atoms with Gasteiger partial charge >= 0.3 is 12.3 Å². The van der Waals surface area contributed by atoms with E-state index in [4.69, 9.17) is 4.74 Å². The summed E-state index contributed by atoms with van der Waals surface area (Å²) in [6.07, 6.45) is -3.68. The number of alkyl halides is 3. The summed E-state index contributed by atoms with van der Waals surface area (Å²) in [5.74, 6) is -0.0844. The van der Waals surface area contributed by atoms with E-state index in [0.29, 0.717) is 26.2 Å². The van der Waals surface area contributed by atoms with Gasteiger partial charge in [-0.25, -0.2) is 14.8 Å². The van der Waals surface area contributed by atoms with Crippen molar-refractivity contribution in [2.75, 3.05) is 31.1 Å². The molecule has 0 aromatic carbocycles. The monoisotopic (exact) mass is 403 g/mol. The lowest BCUT2D eigenvalue weighted by Crippen LogP contribution is -2.54. The van der Waals surface area contributed by atoms with Crippen LogP contribution in [0, 0.1) is 0 Å². The molecule has 0 spiro atoms. The van der Waals surface area contributed by atoms with Crippen LogP contribution in [0.3, 0.4) is 0 Å². The maximum atomic E-state index is 12.6. The van der Waals surface area contributed by atoms with Crippen LogP contribution >= 0.6 is 0 Å². The third-order valence-corrected chi connectivity index (χ3v) is 3.94. The quantitative estimate of drug-likeness (QED) is 0.831. The van der Waals surface area contributed by atoms with Gasteiger partial charge in [0.2, 0.25) is 11.9 Å². The average Bonchev–Trinajstić information content (AvgIpc) is 2.59. The number of carbonyl (C=O) groups is 2. The maximum Gasteiger partial charge on any atom is 0.419 e. The smallest absolute Gasteiger partial charge is 0.419 e. The molecule has 8 nitrogen and oxygen atoms in total. The van der Waals surface area contributed by atoms with E-state index < -0.39 is 29.5 Å². The minimum absolute atomic E-state index is 0.181. The van der Waals surface area contributed by atoms with Crippen molar-refractivity contribution in [3.8, 4) is 0 Å². The Morgan fingerprint density at radius 2 is 1.64 bits per heavy atom. The van der Waals surface area contributed by atoms with Crippen LogP contribution < -0.4 is 10.2 Å². The number of aromatic nitrogens is 2. The number of amides is 2. The molecule has 0 aliphatic carbocycles. The summed E-state index contributed by atoms with van der Waals surface area (Å²) < 4.78 is 42.9. The number of alkyl carbamates (subject to hydrolysis) is 1. The largest absolute Gasteiger partial charge is 0.444 e. The fraction of sp³-hybridized carbons (Fsp3) is 0.647. The second-order valence-corrected chi connectivity index (χ2v) is 7.45. The molecule has 11 heteroatoms. The van der Waals surface area contributed by atoms with Gasteiger partial charge < -0.3 is 19.9 Å². The summed E-state index contributed by atoms with van der Waals surface area (Å²) in [4.78, 5) is 35.1. The first-order valence-electron chi connectivity index (χ1n) is 8.79. The van der Waals surface area contributed by atoms with Crippen molar-refractivity contribution >= 4 is 17.9 Å². The Balaban J connectivity index is 1.87. The van der Waals surface area contributed by atoms with E-state index in [1.54, 1.807) is 37.5 Å². The van der Waals surface area contributed by atoms with E-state index in [1.165, 1.54) is 0 Å². The molecule has 1 N–H and O–H groups in total. The second-order valence-electron chi connectivity index (χ2n) is 7.45. The number of hydrogen-bond acceptors (Lipinski definition) is 6.